The fourth-order valence-corrected chi connectivity index (χ4v) is 4.39. The SMILES string of the molecule is COC(=O)N(c1cccc(F)c1)[C@](C)(Cc1c[nH]c2ccccc12)C(=O)N[C@@H](C)c1ccccc1. The zero-order chi connectivity index (χ0) is 25.0. The maximum Gasteiger partial charge on any atom is 0.414 e. The number of nitrogens with zero attached hydrogens (tertiary/aromatic N) is 1. The number of fused-ring (bicyclic) bond motifs is 1. The molecule has 2 N–H and O–H groups in total. The van der Waals surface area contributed by atoms with Gasteiger partial charge >= 0.3 is 6.09 Å². The first-order valence-electron chi connectivity index (χ1n) is 11.4. The van der Waals surface area contributed by atoms with Crippen LogP contribution in [0, 0.1) is 5.82 Å². The van der Waals surface area contributed by atoms with Crippen LogP contribution in [0.3, 0.4) is 0 Å². The van der Waals surface area contributed by atoms with E-state index in [-0.39, 0.29) is 18.2 Å². The molecule has 2 amide bonds. The number of halogens is 1. The van der Waals surface area contributed by atoms with Crippen LogP contribution >= 0.6 is 0 Å². The average Bonchev–Trinajstić information content (AvgIpc) is 3.27. The summed E-state index contributed by atoms with van der Waals surface area (Å²) in [5.74, 6) is -0.919. The van der Waals surface area contributed by atoms with E-state index in [0.29, 0.717) is 0 Å². The fourth-order valence-electron chi connectivity index (χ4n) is 4.39. The minimum absolute atomic E-state index is 0.163. The summed E-state index contributed by atoms with van der Waals surface area (Å²) in [7, 11) is 1.24. The lowest BCUT2D eigenvalue weighted by Crippen LogP contribution is -2.61. The summed E-state index contributed by atoms with van der Waals surface area (Å²) in [5, 5.41) is 3.99. The Hall–Kier alpha value is -4.13. The summed E-state index contributed by atoms with van der Waals surface area (Å²) in [4.78, 5) is 31.5. The van der Waals surface area contributed by atoms with E-state index < -0.39 is 23.4 Å². The minimum atomic E-state index is -1.45. The van der Waals surface area contributed by atoms with Crippen molar-refractivity contribution in [3.05, 3.63) is 102 Å². The van der Waals surface area contributed by atoms with Crippen molar-refractivity contribution in [2.45, 2.75) is 31.8 Å². The van der Waals surface area contributed by atoms with Gasteiger partial charge in [0.2, 0.25) is 5.91 Å². The number of carbonyl (C=O) groups is 2. The number of nitrogens with one attached hydrogen (secondary N) is 2. The molecule has 180 valence electrons. The van der Waals surface area contributed by atoms with Gasteiger partial charge in [-0.15, -0.1) is 0 Å². The molecule has 0 unspecified atom stereocenters. The molecule has 1 heterocycles. The van der Waals surface area contributed by atoms with Crippen LogP contribution in [0.1, 0.15) is 31.0 Å². The highest BCUT2D eigenvalue weighted by Crippen LogP contribution is 2.32. The molecule has 4 rings (SSSR count). The topological polar surface area (TPSA) is 74.4 Å². The number of H-pyrrole nitrogens is 1. The predicted molar refractivity (Wildman–Crippen MR) is 135 cm³/mol. The van der Waals surface area contributed by atoms with Crippen molar-refractivity contribution in [1.82, 2.24) is 10.3 Å². The van der Waals surface area contributed by atoms with E-state index in [1.165, 1.54) is 30.2 Å². The van der Waals surface area contributed by atoms with Gasteiger partial charge in [0.25, 0.3) is 0 Å². The van der Waals surface area contributed by atoms with Crippen molar-refractivity contribution in [2.75, 3.05) is 12.0 Å². The number of methoxy groups -OCH3 is 1. The molecular weight excluding hydrogens is 445 g/mol. The van der Waals surface area contributed by atoms with E-state index in [1.54, 1.807) is 13.0 Å². The van der Waals surface area contributed by atoms with E-state index in [4.69, 9.17) is 4.74 Å². The molecule has 3 aromatic carbocycles. The number of rotatable bonds is 7. The predicted octanol–water partition coefficient (Wildman–Crippen LogP) is 5.76. The van der Waals surface area contributed by atoms with Crippen molar-refractivity contribution < 1.29 is 18.7 Å². The summed E-state index contributed by atoms with van der Waals surface area (Å²) in [6.07, 6.45) is 1.23. The number of aromatic amines is 1. The van der Waals surface area contributed by atoms with Crippen LogP contribution in [0.4, 0.5) is 14.9 Å². The van der Waals surface area contributed by atoms with Gasteiger partial charge in [-0.3, -0.25) is 9.69 Å². The minimum Gasteiger partial charge on any atom is -0.452 e. The Morgan fingerprint density at radius 3 is 2.49 bits per heavy atom. The summed E-state index contributed by atoms with van der Waals surface area (Å²) in [6, 6.07) is 22.6. The quantitative estimate of drug-likeness (QED) is 0.358. The summed E-state index contributed by atoms with van der Waals surface area (Å²) in [6.45, 7) is 3.55. The zero-order valence-electron chi connectivity index (χ0n) is 19.9. The van der Waals surface area contributed by atoms with Crippen LogP contribution in [0.25, 0.3) is 10.9 Å². The Balaban J connectivity index is 1.80. The number of amides is 2. The third kappa shape index (κ3) is 4.89. The number of hydrogen-bond acceptors (Lipinski definition) is 3. The van der Waals surface area contributed by atoms with Gasteiger partial charge in [-0.2, -0.15) is 0 Å². The highest BCUT2D eigenvalue weighted by Gasteiger charge is 2.45. The first kappa shape index (κ1) is 24.0. The molecule has 35 heavy (non-hydrogen) atoms. The zero-order valence-corrected chi connectivity index (χ0v) is 19.9. The highest BCUT2D eigenvalue weighted by atomic mass is 19.1. The third-order valence-corrected chi connectivity index (χ3v) is 6.26. The smallest absolute Gasteiger partial charge is 0.414 e. The van der Waals surface area contributed by atoms with Gasteiger partial charge in [0.1, 0.15) is 11.4 Å². The van der Waals surface area contributed by atoms with Crippen LogP contribution in [-0.4, -0.2) is 29.6 Å². The van der Waals surface area contributed by atoms with Crippen molar-refractivity contribution in [3.8, 4) is 0 Å². The largest absolute Gasteiger partial charge is 0.452 e. The molecule has 0 fully saturated rings. The maximum absolute atomic E-state index is 14.2. The van der Waals surface area contributed by atoms with E-state index in [0.717, 1.165) is 22.0 Å². The average molecular weight is 474 g/mol. The number of aromatic nitrogens is 1. The van der Waals surface area contributed by atoms with E-state index in [2.05, 4.69) is 10.3 Å². The molecule has 0 aliphatic heterocycles. The van der Waals surface area contributed by atoms with Crippen LogP contribution in [0.15, 0.2) is 85.1 Å². The standard InChI is InChI=1S/C28H28FN3O3/c1-19(20-10-5-4-6-11-20)31-26(33)28(2,17-21-18-30-25-15-8-7-14-24(21)25)32(27(34)35-3)23-13-9-12-22(29)16-23/h4-16,18-19,30H,17H2,1-3H3,(H,31,33)/t19-,28+/m0/s1. The van der Waals surface area contributed by atoms with E-state index >= 15 is 0 Å². The van der Waals surface area contributed by atoms with E-state index in [9.17, 15) is 14.0 Å². The van der Waals surface area contributed by atoms with Gasteiger partial charge in [0.05, 0.1) is 18.8 Å². The van der Waals surface area contributed by atoms with Gasteiger partial charge in [0, 0.05) is 23.5 Å². The van der Waals surface area contributed by atoms with Gasteiger partial charge in [0.15, 0.2) is 0 Å². The van der Waals surface area contributed by atoms with E-state index in [1.807, 2.05) is 67.7 Å². The molecule has 2 atom stereocenters. The number of ether oxygens (including phenoxy) is 1. The first-order valence-corrected chi connectivity index (χ1v) is 11.4. The number of carbonyl (C=O) groups excluding carboxylic acids is 2. The fraction of sp³-hybridized carbons (Fsp3) is 0.214. The molecule has 0 aliphatic rings. The number of anilines is 1. The van der Waals surface area contributed by atoms with Gasteiger partial charge in [-0.1, -0.05) is 54.6 Å². The van der Waals surface area contributed by atoms with Gasteiger partial charge in [-0.25, -0.2) is 9.18 Å². The Labute approximate surface area is 203 Å². The number of benzene rings is 3. The van der Waals surface area contributed by atoms with Crippen LogP contribution in [0.5, 0.6) is 0 Å². The first-order chi connectivity index (χ1) is 16.8. The Morgan fingerprint density at radius 1 is 1.06 bits per heavy atom. The maximum atomic E-state index is 14.2. The Kier molecular flexibility index (Phi) is 6.87. The van der Waals surface area contributed by atoms with Crippen molar-refractivity contribution >= 4 is 28.6 Å². The Morgan fingerprint density at radius 2 is 1.77 bits per heavy atom. The lowest BCUT2D eigenvalue weighted by atomic mass is 9.88. The van der Waals surface area contributed by atoms with Crippen molar-refractivity contribution in [1.29, 1.82) is 0 Å². The summed E-state index contributed by atoms with van der Waals surface area (Å²) >= 11 is 0. The van der Waals surface area contributed by atoms with Crippen LogP contribution in [-0.2, 0) is 16.0 Å². The van der Waals surface area contributed by atoms with Crippen molar-refractivity contribution in [2.24, 2.45) is 0 Å². The molecular formula is C28H28FN3O3. The van der Waals surface area contributed by atoms with Crippen molar-refractivity contribution in [3.63, 3.8) is 0 Å². The van der Waals surface area contributed by atoms with Crippen LogP contribution < -0.4 is 10.2 Å². The molecule has 0 bridgehead atoms. The highest BCUT2D eigenvalue weighted by molar-refractivity contribution is 6.01. The summed E-state index contributed by atoms with van der Waals surface area (Å²) in [5.41, 5.74) is 1.45. The lowest BCUT2D eigenvalue weighted by molar-refractivity contribution is -0.126. The van der Waals surface area contributed by atoms with Crippen LogP contribution in [0.2, 0.25) is 0 Å². The molecule has 1 aromatic heterocycles. The third-order valence-electron chi connectivity index (χ3n) is 6.26. The molecule has 0 saturated carbocycles. The number of para-hydroxylation sites is 1. The molecule has 7 heteroatoms. The second-order valence-electron chi connectivity index (χ2n) is 8.70. The monoisotopic (exact) mass is 473 g/mol. The molecule has 0 spiro atoms. The second-order valence-corrected chi connectivity index (χ2v) is 8.70. The normalized spacial score (nSPS) is 13.6. The molecule has 6 nitrogen and oxygen atoms in total. The van der Waals surface area contributed by atoms with Gasteiger partial charge < -0.3 is 15.0 Å². The summed E-state index contributed by atoms with van der Waals surface area (Å²) < 4.78 is 19.3. The molecule has 0 radical (unpaired) electrons. The number of hydrogen-bond donors (Lipinski definition) is 2. The second kappa shape index (κ2) is 10.0. The molecule has 0 saturated heterocycles. The molecule has 0 aliphatic carbocycles. The van der Waals surface area contributed by atoms with Gasteiger partial charge in [-0.05, 0) is 49.2 Å². The Bertz CT molecular complexity index is 1340. The molecule has 4 aromatic rings. The lowest BCUT2D eigenvalue weighted by Gasteiger charge is -2.39.